The Bertz CT molecular complexity index is 938. The lowest BCUT2D eigenvalue weighted by molar-refractivity contribution is -0.166. The first kappa shape index (κ1) is 26.2. The van der Waals surface area contributed by atoms with Crippen molar-refractivity contribution in [3.8, 4) is 0 Å². The number of aliphatic hydroxyl groups is 1. The van der Waals surface area contributed by atoms with Crippen molar-refractivity contribution in [3.05, 3.63) is 83.9 Å². The third-order valence-electron chi connectivity index (χ3n) is 4.69. The predicted molar refractivity (Wildman–Crippen MR) is 119 cm³/mol. The van der Waals surface area contributed by atoms with Gasteiger partial charge in [0.25, 0.3) is 0 Å². The molecule has 0 unspecified atom stereocenters. The number of hydrogen-bond acceptors (Lipinski definition) is 8. The number of aliphatic carboxylic acids is 2. The maximum atomic E-state index is 12.0. The number of carboxylic acid groups (broad SMARTS) is 2. The van der Waals surface area contributed by atoms with Crippen LogP contribution in [0.1, 0.15) is 27.1 Å². The number of carbonyl (C=O) groups is 4. The summed E-state index contributed by atoms with van der Waals surface area (Å²) in [6.07, 6.45) is 0.405. The van der Waals surface area contributed by atoms with Gasteiger partial charge in [-0.15, -0.1) is 0 Å². The highest BCUT2D eigenvalue weighted by atomic mass is 16.6. The monoisotopic (exact) mass is 471 g/mol. The van der Waals surface area contributed by atoms with E-state index < -0.39 is 36.1 Å². The van der Waals surface area contributed by atoms with Gasteiger partial charge >= 0.3 is 23.9 Å². The number of aliphatic hydroxyl groups excluding tert-OH is 1. The largest absolute Gasteiger partial charge is 0.478 e. The third kappa shape index (κ3) is 7.84. The molecule has 0 amide bonds. The molecule has 0 radical (unpaired) electrons. The zero-order valence-corrected chi connectivity index (χ0v) is 18.0. The van der Waals surface area contributed by atoms with E-state index in [2.05, 4.69) is 0 Å². The van der Waals surface area contributed by atoms with Crippen LogP contribution in [0.15, 0.2) is 72.8 Å². The number of ether oxygens (including phenoxy) is 2. The van der Waals surface area contributed by atoms with Gasteiger partial charge in [-0.25, -0.2) is 19.2 Å². The smallest absolute Gasteiger partial charge is 0.349 e. The second kappa shape index (κ2) is 12.9. The van der Waals surface area contributed by atoms with Crippen LogP contribution in [-0.2, 0) is 19.1 Å². The van der Waals surface area contributed by atoms with Gasteiger partial charge in [-0.2, -0.15) is 0 Å². The summed E-state index contributed by atoms with van der Waals surface area (Å²) < 4.78 is 9.52. The molecule has 0 heterocycles. The number of carboxylic acids is 2. The molecule has 0 aliphatic heterocycles. The van der Waals surface area contributed by atoms with E-state index in [0.29, 0.717) is 5.92 Å². The molecule has 1 aliphatic rings. The molecule has 34 heavy (non-hydrogen) atoms. The first-order valence-corrected chi connectivity index (χ1v) is 10.2. The first-order chi connectivity index (χ1) is 16.2. The molecule has 3 rings (SSSR count). The van der Waals surface area contributed by atoms with Crippen LogP contribution >= 0.6 is 0 Å². The minimum Gasteiger partial charge on any atom is -0.478 e. The lowest BCUT2D eigenvalue weighted by atomic mass is 10.1. The van der Waals surface area contributed by atoms with Crippen molar-refractivity contribution in [3.63, 3.8) is 0 Å². The van der Waals surface area contributed by atoms with Crippen LogP contribution in [0.4, 0.5) is 0 Å². The summed E-state index contributed by atoms with van der Waals surface area (Å²) in [6.45, 7) is 0.240. The van der Waals surface area contributed by atoms with Crippen LogP contribution in [0.3, 0.4) is 0 Å². The van der Waals surface area contributed by atoms with Crippen LogP contribution in [0, 0.1) is 5.92 Å². The third-order valence-corrected chi connectivity index (χ3v) is 4.69. The molecule has 0 saturated carbocycles. The van der Waals surface area contributed by atoms with Crippen molar-refractivity contribution in [2.75, 3.05) is 6.61 Å². The van der Waals surface area contributed by atoms with Gasteiger partial charge in [-0.1, -0.05) is 48.6 Å². The zero-order chi connectivity index (χ0) is 25.1. The molecule has 0 spiro atoms. The van der Waals surface area contributed by atoms with Crippen molar-refractivity contribution in [1.29, 1.82) is 0 Å². The Labute approximate surface area is 195 Å². The minimum atomic E-state index is -2.21. The molecular formula is C24H25NO9. The number of hydrogen-bond donors (Lipinski definition) is 4. The highest BCUT2D eigenvalue weighted by Crippen LogP contribution is 2.15. The molecule has 0 saturated heterocycles. The fraction of sp³-hybridized carbons (Fsp3) is 0.250. The van der Waals surface area contributed by atoms with E-state index in [-0.39, 0.29) is 23.8 Å². The maximum absolute atomic E-state index is 12.0. The summed E-state index contributed by atoms with van der Waals surface area (Å²) in [7, 11) is 0. The van der Waals surface area contributed by atoms with E-state index in [0.717, 1.165) is 6.42 Å². The summed E-state index contributed by atoms with van der Waals surface area (Å²) in [5.41, 5.74) is 5.55. The Morgan fingerprint density at radius 2 is 1.21 bits per heavy atom. The number of benzene rings is 2. The molecule has 2 aromatic carbocycles. The van der Waals surface area contributed by atoms with E-state index in [1.807, 2.05) is 12.2 Å². The summed E-state index contributed by atoms with van der Waals surface area (Å²) in [6, 6.07) is 15.0. The summed E-state index contributed by atoms with van der Waals surface area (Å²) in [5, 5.41) is 27.1. The quantitative estimate of drug-likeness (QED) is 0.326. The van der Waals surface area contributed by atoms with Crippen molar-refractivity contribution in [2.24, 2.45) is 11.7 Å². The van der Waals surface area contributed by atoms with E-state index in [1.54, 1.807) is 12.1 Å². The van der Waals surface area contributed by atoms with Crippen molar-refractivity contribution in [2.45, 2.75) is 24.7 Å². The predicted octanol–water partition coefficient (Wildman–Crippen LogP) is 1.49. The average molecular weight is 471 g/mol. The normalized spacial score (nSPS) is 18.1. The van der Waals surface area contributed by atoms with Gasteiger partial charge in [0, 0.05) is 18.6 Å². The van der Waals surface area contributed by atoms with Crippen molar-refractivity contribution < 1.29 is 44.0 Å². The zero-order valence-electron chi connectivity index (χ0n) is 18.0. The Morgan fingerprint density at radius 3 is 1.47 bits per heavy atom. The van der Waals surface area contributed by atoms with Gasteiger partial charge in [0.2, 0.25) is 12.2 Å². The second-order valence-corrected chi connectivity index (χ2v) is 7.29. The molecule has 5 N–H and O–H groups in total. The highest BCUT2D eigenvalue weighted by Gasteiger charge is 2.41. The summed E-state index contributed by atoms with van der Waals surface area (Å²) >= 11 is 0. The van der Waals surface area contributed by atoms with Gasteiger partial charge in [-0.05, 0) is 30.7 Å². The Balaban J connectivity index is 0.000000430. The molecule has 0 aromatic heterocycles. The standard InChI is InChI=1S/C18H14O8.C6H11NO/c19-15(20)13(25-17(23)11-7-3-1-4-8-11)14(16(21)22)26-18(24)12-9-5-2-6-10-12;7-6-2-1-5(3-6)4-8/h1-10,13-14H,(H,19,20)(H,21,22);1-2,5-6,8H,3-4,7H2/t13-,14-;5-,6+/m10/s1. The fourth-order valence-corrected chi connectivity index (χ4v) is 2.94. The Hall–Kier alpha value is -4.02. The number of nitrogens with two attached hydrogens (primary N) is 1. The van der Waals surface area contributed by atoms with Gasteiger partial charge < -0.3 is 30.5 Å². The van der Waals surface area contributed by atoms with Crippen LogP contribution in [0.25, 0.3) is 0 Å². The van der Waals surface area contributed by atoms with Crippen LogP contribution < -0.4 is 5.73 Å². The SMILES string of the molecule is N[C@@H]1C=C[C@H](CO)C1.O=C(O[C@@H](C(=O)O)[C@@H](OC(=O)c1ccccc1)C(=O)O)c1ccccc1. The van der Waals surface area contributed by atoms with Gasteiger partial charge in [0.15, 0.2) is 0 Å². The van der Waals surface area contributed by atoms with Crippen molar-refractivity contribution in [1.82, 2.24) is 0 Å². The van der Waals surface area contributed by atoms with E-state index >= 15 is 0 Å². The van der Waals surface area contributed by atoms with E-state index in [1.165, 1.54) is 48.5 Å². The second-order valence-electron chi connectivity index (χ2n) is 7.29. The van der Waals surface area contributed by atoms with Crippen LogP contribution in [0.5, 0.6) is 0 Å². The molecule has 0 fully saturated rings. The fourth-order valence-electron chi connectivity index (χ4n) is 2.94. The number of rotatable bonds is 8. The number of carbonyl (C=O) groups excluding carboxylic acids is 2. The lowest BCUT2D eigenvalue weighted by Gasteiger charge is -2.21. The van der Waals surface area contributed by atoms with E-state index in [4.69, 9.17) is 20.3 Å². The maximum Gasteiger partial charge on any atom is 0.349 e. The molecule has 10 heteroatoms. The molecule has 4 atom stereocenters. The van der Waals surface area contributed by atoms with E-state index in [9.17, 15) is 29.4 Å². The first-order valence-electron chi connectivity index (χ1n) is 10.2. The Morgan fingerprint density at radius 1 is 0.794 bits per heavy atom. The molecule has 1 aliphatic carbocycles. The lowest BCUT2D eigenvalue weighted by Crippen LogP contribution is -2.45. The highest BCUT2D eigenvalue weighted by molar-refractivity contribution is 5.95. The van der Waals surface area contributed by atoms with Crippen LogP contribution in [-0.4, -0.2) is 64.1 Å². The molecule has 10 nitrogen and oxygen atoms in total. The Kier molecular flexibility index (Phi) is 9.93. The van der Waals surface area contributed by atoms with Crippen molar-refractivity contribution >= 4 is 23.9 Å². The van der Waals surface area contributed by atoms with Gasteiger partial charge in [-0.3, -0.25) is 0 Å². The minimum absolute atomic E-state index is 0.0253. The topological polar surface area (TPSA) is 173 Å². The van der Waals surface area contributed by atoms with Gasteiger partial charge in [0.05, 0.1) is 11.1 Å². The summed E-state index contributed by atoms with van der Waals surface area (Å²) in [5.74, 6) is -5.31. The number of esters is 2. The molecule has 0 bridgehead atoms. The molecular weight excluding hydrogens is 446 g/mol. The molecule has 180 valence electrons. The van der Waals surface area contributed by atoms with Crippen LogP contribution in [0.2, 0.25) is 0 Å². The van der Waals surface area contributed by atoms with Gasteiger partial charge in [0.1, 0.15) is 0 Å². The molecule has 2 aromatic rings. The average Bonchev–Trinajstić information content (AvgIpc) is 3.27. The summed E-state index contributed by atoms with van der Waals surface area (Å²) in [4.78, 5) is 46.8.